The lowest BCUT2D eigenvalue weighted by Gasteiger charge is -2.27. The van der Waals surface area contributed by atoms with Gasteiger partial charge in [-0.1, -0.05) is 6.92 Å². The third-order valence-electron chi connectivity index (χ3n) is 3.33. The highest BCUT2D eigenvalue weighted by Gasteiger charge is 2.30. The molecule has 2 aromatic rings. The van der Waals surface area contributed by atoms with Gasteiger partial charge in [0.15, 0.2) is 5.65 Å². The van der Waals surface area contributed by atoms with Gasteiger partial charge in [0.05, 0.1) is 5.69 Å². The van der Waals surface area contributed by atoms with Gasteiger partial charge in [0.25, 0.3) is 0 Å². The zero-order valence-electron chi connectivity index (χ0n) is 13.5. The number of nitrogens with one attached hydrogen (secondary N) is 1. The fraction of sp³-hybridized carbons (Fsp3) is 0.533. The Labute approximate surface area is 129 Å². The predicted octanol–water partition coefficient (Wildman–Crippen LogP) is 1.47. The van der Waals surface area contributed by atoms with Crippen LogP contribution >= 0.6 is 0 Å². The largest absolute Gasteiger partial charge is 0.444 e. The van der Waals surface area contributed by atoms with Gasteiger partial charge < -0.3 is 15.8 Å². The van der Waals surface area contributed by atoms with E-state index >= 15 is 0 Å². The molecular formula is C15H23N5O2. The molecule has 2 aromatic heterocycles. The molecule has 7 nitrogen and oxygen atoms in total. The second-order valence-corrected chi connectivity index (χ2v) is 6.57. The van der Waals surface area contributed by atoms with Gasteiger partial charge in [-0.25, -0.2) is 14.3 Å². The normalized spacial score (nSPS) is 14.6. The highest BCUT2D eigenvalue weighted by atomic mass is 16.6. The molecule has 0 aliphatic rings. The van der Waals surface area contributed by atoms with Gasteiger partial charge >= 0.3 is 6.09 Å². The van der Waals surface area contributed by atoms with E-state index in [1.807, 2.05) is 46.0 Å². The van der Waals surface area contributed by atoms with Gasteiger partial charge in [-0.15, -0.1) is 0 Å². The summed E-state index contributed by atoms with van der Waals surface area (Å²) in [5.74, 6) is 0. The number of amides is 1. The van der Waals surface area contributed by atoms with Crippen LogP contribution in [0, 0.1) is 0 Å². The Morgan fingerprint density at radius 1 is 1.41 bits per heavy atom. The Balaban J connectivity index is 2.12. The zero-order chi connectivity index (χ0) is 16.4. The second-order valence-electron chi connectivity index (χ2n) is 6.57. The fourth-order valence-electron chi connectivity index (χ4n) is 1.97. The van der Waals surface area contributed by atoms with Crippen molar-refractivity contribution >= 4 is 11.7 Å². The van der Waals surface area contributed by atoms with Crippen molar-refractivity contribution in [2.45, 2.75) is 38.7 Å². The average Bonchev–Trinajstić information content (AvgIpc) is 2.87. The van der Waals surface area contributed by atoms with Crippen molar-refractivity contribution in [1.82, 2.24) is 19.9 Å². The maximum Gasteiger partial charge on any atom is 0.407 e. The number of rotatable bonds is 4. The lowest BCUT2D eigenvalue weighted by Crippen LogP contribution is -2.45. The zero-order valence-corrected chi connectivity index (χ0v) is 13.5. The molecule has 1 unspecified atom stereocenters. The molecule has 0 spiro atoms. The number of alkyl carbamates (subject to hydrolysis) is 1. The van der Waals surface area contributed by atoms with Crippen LogP contribution in [-0.2, 0) is 10.2 Å². The molecule has 2 rings (SSSR count). The molecule has 0 aliphatic heterocycles. The number of hydrogen-bond acceptors (Lipinski definition) is 5. The second kappa shape index (κ2) is 5.92. The number of nitrogens with two attached hydrogens (primary N) is 1. The molecule has 2 heterocycles. The Kier molecular flexibility index (Phi) is 4.37. The SMILES string of the molecule is CC(C)(C)OC(=O)NCC(C)(CN)c1cc2ncccn2n1. The van der Waals surface area contributed by atoms with Crippen molar-refractivity contribution in [3.63, 3.8) is 0 Å². The summed E-state index contributed by atoms with van der Waals surface area (Å²) < 4.78 is 6.93. The van der Waals surface area contributed by atoms with Crippen LogP contribution in [0.15, 0.2) is 24.5 Å². The molecule has 0 radical (unpaired) electrons. The number of fused-ring (bicyclic) bond motifs is 1. The first-order chi connectivity index (χ1) is 10.2. The smallest absolute Gasteiger partial charge is 0.407 e. The number of nitrogens with zero attached hydrogens (tertiary/aromatic N) is 3. The summed E-state index contributed by atoms with van der Waals surface area (Å²) >= 11 is 0. The summed E-state index contributed by atoms with van der Waals surface area (Å²) in [5.41, 5.74) is 6.41. The Morgan fingerprint density at radius 3 is 2.73 bits per heavy atom. The number of ether oxygens (including phenoxy) is 1. The first kappa shape index (κ1) is 16.2. The Hall–Kier alpha value is -2.15. The molecule has 0 saturated carbocycles. The van der Waals surface area contributed by atoms with E-state index in [9.17, 15) is 4.79 Å². The molecular weight excluding hydrogens is 282 g/mol. The molecule has 0 aliphatic carbocycles. The highest BCUT2D eigenvalue weighted by Crippen LogP contribution is 2.21. The number of carbonyl (C=O) groups excluding carboxylic acids is 1. The lowest BCUT2D eigenvalue weighted by atomic mass is 9.87. The monoisotopic (exact) mass is 305 g/mol. The van der Waals surface area contributed by atoms with Crippen molar-refractivity contribution in [3.05, 3.63) is 30.2 Å². The van der Waals surface area contributed by atoms with Gasteiger partial charge in [-0.3, -0.25) is 0 Å². The predicted molar refractivity (Wildman–Crippen MR) is 83.6 cm³/mol. The Morgan fingerprint density at radius 2 is 2.14 bits per heavy atom. The standard InChI is InChI=1S/C15H23N5O2/c1-14(2,3)22-13(21)18-10-15(4,9-16)11-8-12-17-6-5-7-20(12)19-11/h5-8H,9-10,16H2,1-4H3,(H,18,21). The first-order valence-electron chi connectivity index (χ1n) is 7.21. The highest BCUT2D eigenvalue weighted by molar-refractivity contribution is 5.67. The molecule has 120 valence electrons. The molecule has 1 amide bonds. The van der Waals surface area contributed by atoms with Gasteiger partial charge in [-0.2, -0.15) is 5.10 Å². The van der Waals surface area contributed by atoms with E-state index in [2.05, 4.69) is 15.4 Å². The van der Waals surface area contributed by atoms with Crippen molar-refractivity contribution in [2.75, 3.05) is 13.1 Å². The van der Waals surface area contributed by atoms with E-state index < -0.39 is 17.1 Å². The maximum absolute atomic E-state index is 11.8. The summed E-state index contributed by atoms with van der Waals surface area (Å²) in [7, 11) is 0. The summed E-state index contributed by atoms with van der Waals surface area (Å²) in [5, 5.41) is 7.25. The van der Waals surface area contributed by atoms with Crippen LogP contribution < -0.4 is 11.1 Å². The van der Waals surface area contributed by atoms with E-state index in [-0.39, 0.29) is 0 Å². The molecule has 0 aromatic carbocycles. The van der Waals surface area contributed by atoms with Gasteiger partial charge in [-0.05, 0) is 26.8 Å². The van der Waals surface area contributed by atoms with Crippen LogP contribution in [0.2, 0.25) is 0 Å². The van der Waals surface area contributed by atoms with Crippen molar-refractivity contribution in [2.24, 2.45) is 5.73 Å². The Bertz CT molecular complexity index is 628. The van der Waals surface area contributed by atoms with E-state index in [1.54, 1.807) is 10.7 Å². The molecule has 22 heavy (non-hydrogen) atoms. The van der Waals surface area contributed by atoms with Gasteiger partial charge in [0, 0.05) is 37.0 Å². The minimum Gasteiger partial charge on any atom is -0.444 e. The van der Waals surface area contributed by atoms with Crippen molar-refractivity contribution in [3.8, 4) is 0 Å². The minimum absolute atomic E-state index is 0.336. The number of carbonyl (C=O) groups is 1. The summed E-state index contributed by atoms with van der Waals surface area (Å²) in [6, 6.07) is 3.69. The lowest BCUT2D eigenvalue weighted by molar-refractivity contribution is 0.0516. The van der Waals surface area contributed by atoms with Gasteiger partial charge in [0.1, 0.15) is 5.60 Å². The average molecular weight is 305 g/mol. The van der Waals surface area contributed by atoms with E-state index in [4.69, 9.17) is 10.5 Å². The third kappa shape index (κ3) is 3.73. The van der Waals surface area contributed by atoms with E-state index in [1.165, 1.54) is 0 Å². The quantitative estimate of drug-likeness (QED) is 0.892. The third-order valence-corrected chi connectivity index (χ3v) is 3.33. The fourth-order valence-corrected chi connectivity index (χ4v) is 1.97. The van der Waals surface area contributed by atoms with Crippen LogP contribution in [0.4, 0.5) is 4.79 Å². The van der Waals surface area contributed by atoms with Gasteiger partial charge in [0.2, 0.25) is 0 Å². The van der Waals surface area contributed by atoms with Crippen molar-refractivity contribution in [1.29, 1.82) is 0 Å². The van der Waals surface area contributed by atoms with Crippen molar-refractivity contribution < 1.29 is 9.53 Å². The van der Waals surface area contributed by atoms with E-state index in [0.29, 0.717) is 13.1 Å². The molecule has 0 fully saturated rings. The molecule has 7 heteroatoms. The molecule has 0 bridgehead atoms. The first-order valence-corrected chi connectivity index (χ1v) is 7.21. The van der Waals surface area contributed by atoms with E-state index in [0.717, 1.165) is 11.3 Å². The topological polar surface area (TPSA) is 94.5 Å². The maximum atomic E-state index is 11.8. The number of aromatic nitrogens is 3. The van der Waals surface area contributed by atoms with Crippen LogP contribution in [0.5, 0.6) is 0 Å². The van der Waals surface area contributed by atoms with Crippen LogP contribution in [-0.4, -0.2) is 39.4 Å². The minimum atomic E-state index is -0.532. The summed E-state index contributed by atoms with van der Waals surface area (Å²) in [6.07, 6.45) is 3.07. The number of hydrogen-bond donors (Lipinski definition) is 2. The summed E-state index contributed by atoms with van der Waals surface area (Å²) in [4.78, 5) is 16.1. The summed E-state index contributed by atoms with van der Waals surface area (Å²) in [6.45, 7) is 8.09. The molecule has 0 saturated heterocycles. The van der Waals surface area contributed by atoms with Crippen LogP contribution in [0.1, 0.15) is 33.4 Å². The molecule has 3 N–H and O–H groups in total. The van der Waals surface area contributed by atoms with Crippen LogP contribution in [0.3, 0.4) is 0 Å². The van der Waals surface area contributed by atoms with Crippen LogP contribution in [0.25, 0.3) is 5.65 Å². The molecule has 1 atom stereocenters.